The van der Waals surface area contributed by atoms with Crippen LogP contribution in [0.4, 0.5) is 11.6 Å². The summed E-state index contributed by atoms with van der Waals surface area (Å²) < 4.78 is 5.44. The maximum absolute atomic E-state index is 12.0. The number of carbonyl (C=O) groups excluding carboxylic acids is 1. The Morgan fingerprint density at radius 3 is 2.57 bits per heavy atom. The van der Waals surface area contributed by atoms with E-state index in [9.17, 15) is 14.9 Å². The lowest BCUT2D eigenvalue weighted by Gasteiger charge is -2.00. The van der Waals surface area contributed by atoms with Crippen molar-refractivity contribution in [3.8, 4) is 0 Å². The molecule has 0 spiro atoms. The molecule has 21 heavy (non-hydrogen) atoms. The maximum Gasteiger partial charge on any atom is 0.270 e. The molecule has 0 aliphatic carbocycles. The van der Waals surface area contributed by atoms with E-state index >= 15 is 0 Å². The van der Waals surface area contributed by atoms with Crippen molar-refractivity contribution in [1.29, 1.82) is 0 Å². The molecule has 0 unspecified atom stereocenters. The van der Waals surface area contributed by atoms with E-state index in [1.807, 2.05) is 6.07 Å². The minimum absolute atomic E-state index is 0.0239. The topological polar surface area (TPSA) is 85.4 Å². The predicted molar refractivity (Wildman–Crippen MR) is 77.3 cm³/mol. The van der Waals surface area contributed by atoms with Gasteiger partial charge in [0.25, 0.3) is 11.6 Å². The number of hydrogen-bond acceptors (Lipinski definition) is 4. The van der Waals surface area contributed by atoms with Gasteiger partial charge in [-0.1, -0.05) is 18.2 Å². The molecule has 1 N–H and O–H groups in total. The number of non-ortho nitro benzene ring substituents is 1. The monoisotopic (exact) mass is 282 g/mol. The average molecular weight is 282 g/mol. The minimum Gasteiger partial charge on any atom is -0.440 e. The van der Waals surface area contributed by atoms with E-state index in [1.54, 1.807) is 30.3 Å². The Balaban J connectivity index is 1.88. The normalized spacial score (nSPS) is 10.5. The molecule has 6 heteroatoms. The van der Waals surface area contributed by atoms with E-state index in [4.69, 9.17) is 4.42 Å². The van der Waals surface area contributed by atoms with Crippen LogP contribution in [0.2, 0.25) is 0 Å². The Kier molecular flexibility index (Phi) is 3.12. The van der Waals surface area contributed by atoms with Gasteiger partial charge in [0.05, 0.1) is 4.92 Å². The molecule has 0 aliphatic rings. The molecule has 0 fully saturated rings. The fourth-order valence-electron chi connectivity index (χ4n) is 1.98. The first kappa shape index (κ1) is 12.9. The fraction of sp³-hybridized carbons (Fsp3) is 0. The second kappa shape index (κ2) is 5.09. The van der Waals surface area contributed by atoms with E-state index in [1.165, 1.54) is 18.2 Å². The molecule has 0 atom stereocenters. The summed E-state index contributed by atoms with van der Waals surface area (Å²) in [6.07, 6.45) is 0. The number of nitro groups is 1. The molecular formula is C15H10N2O4. The number of rotatable bonds is 3. The number of furan rings is 1. The van der Waals surface area contributed by atoms with Gasteiger partial charge in [-0.2, -0.15) is 0 Å². The summed E-state index contributed by atoms with van der Waals surface area (Å²) in [7, 11) is 0. The summed E-state index contributed by atoms with van der Waals surface area (Å²) in [5.74, 6) is -0.0523. The highest BCUT2D eigenvalue weighted by Crippen LogP contribution is 2.27. The van der Waals surface area contributed by atoms with Crippen LogP contribution in [0, 0.1) is 10.1 Å². The maximum atomic E-state index is 12.0. The first-order valence-electron chi connectivity index (χ1n) is 6.18. The van der Waals surface area contributed by atoms with Gasteiger partial charge in [0.15, 0.2) is 0 Å². The number of anilines is 1. The summed E-state index contributed by atoms with van der Waals surface area (Å²) >= 11 is 0. The molecule has 6 nitrogen and oxygen atoms in total. The van der Waals surface area contributed by atoms with Crippen LogP contribution < -0.4 is 5.32 Å². The summed E-state index contributed by atoms with van der Waals surface area (Å²) in [6.45, 7) is 0. The molecule has 1 amide bonds. The van der Waals surface area contributed by atoms with Crippen molar-refractivity contribution in [2.75, 3.05) is 5.32 Å². The minimum atomic E-state index is -0.478. The Hall–Kier alpha value is -3.15. The van der Waals surface area contributed by atoms with Crippen LogP contribution in [0.3, 0.4) is 0 Å². The van der Waals surface area contributed by atoms with Crippen LogP contribution in [-0.4, -0.2) is 10.8 Å². The molecule has 1 heterocycles. The molecule has 0 aliphatic heterocycles. The number of amides is 1. The Morgan fingerprint density at radius 2 is 1.86 bits per heavy atom. The first-order chi connectivity index (χ1) is 10.1. The van der Waals surface area contributed by atoms with Crippen LogP contribution in [-0.2, 0) is 0 Å². The third-order valence-electron chi connectivity index (χ3n) is 2.98. The van der Waals surface area contributed by atoms with Crippen LogP contribution in [0.5, 0.6) is 0 Å². The van der Waals surface area contributed by atoms with Crippen molar-refractivity contribution < 1.29 is 14.1 Å². The van der Waals surface area contributed by atoms with E-state index in [0.717, 1.165) is 0 Å². The zero-order valence-electron chi connectivity index (χ0n) is 10.8. The second-order valence-corrected chi connectivity index (χ2v) is 4.41. The highest BCUT2D eigenvalue weighted by atomic mass is 16.6. The SMILES string of the molecule is O=C(Nc1cc2cc([N+](=O)[O-])ccc2o1)c1ccccc1. The number of nitrogens with zero attached hydrogens (tertiary/aromatic N) is 1. The lowest BCUT2D eigenvalue weighted by molar-refractivity contribution is -0.384. The Morgan fingerprint density at radius 1 is 1.10 bits per heavy atom. The van der Waals surface area contributed by atoms with Crippen LogP contribution in [0.15, 0.2) is 59.0 Å². The molecular weight excluding hydrogens is 272 g/mol. The van der Waals surface area contributed by atoms with E-state index in [2.05, 4.69) is 5.32 Å². The van der Waals surface area contributed by atoms with Gasteiger partial charge in [0.1, 0.15) is 5.58 Å². The number of nitrogens with one attached hydrogen (secondary N) is 1. The van der Waals surface area contributed by atoms with E-state index in [-0.39, 0.29) is 17.5 Å². The van der Waals surface area contributed by atoms with Gasteiger partial charge < -0.3 is 4.42 Å². The number of benzene rings is 2. The zero-order valence-corrected chi connectivity index (χ0v) is 10.8. The first-order valence-corrected chi connectivity index (χ1v) is 6.18. The van der Waals surface area contributed by atoms with E-state index < -0.39 is 4.92 Å². The van der Waals surface area contributed by atoms with Crippen molar-refractivity contribution in [3.05, 3.63) is 70.3 Å². The van der Waals surface area contributed by atoms with Gasteiger partial charge in [-0.3, -0.25) is 20.2 Å². The van der Waals surface area contributed by atoms with Crippen LogP contribution >= 0.6 is 0 Å². The van der Waals surface area contributed by atoms with Crippen molar-refractivity contribution in [1.82, 2.24) is 0 Å². The molecule has 0 radical (unpaired) electrons. The third-order valence-corrected chi connectivity index (χ3v) is 2.98. The molecule has 2 aromatic carbocycles. The zero-order chi connectivity index (χ0) is 14.8. The average Bonchev–Trinajstić information content (AvgIpc) is 2.89. The molecule has 0 saturated heterocycles. The molecule has 104 valence electrons. The third kappa shape index (κ3) is 2.59. The standard InChI is InChI=1S/C15H10N2O4/c18-15(10-4-2-1-3-5-10)16-14-9-11-8-12(17(19)20)6-7-13(11)21-14/h1-9H,(H,16,18). The van der Waals surface area contributed by atoms with Gasteiger partial charge in [0.2, 0.25) is 5.88 Å². The van der Waals surface area contributed by atoms with Crippen molar-refractivity contribution in [2.24, 2.45) is 0 Å². The molecule has 0 saturated carbocycles. The van der Waals surface area contributed by atoms with Gasteiger partial charge >= 0.3 is 0 Å². The predicted octanol–water partition coefficient (Wildman–Crippen LogP) is 3.59. The summed E-state index contributed by atoms with van der Waals surface area (Å²) in [5, 5.41) is 13.9. The molecule has 0 bridgehead atoms. The highest BCUT2D eigenvalue weighted by molar-refractivity contribution is 6.04. The smallest absolute Gasteiger partial charge is 0.270 e. The number of fused-ring (bicyclic) bond motifs is 1. The van der Waals surface area contributed by atoms with Crippen molar-refractivity contribution in [3.63, 3.8) is 0 Å². The van der Waals surface area contributed by atoms with Crippen LogP contribution in [0.25, 0.3) is 11.0 Å². The largest absolute Gasteiger partial charge is 0.440 e. The van der Waals surface area contributed by atoms with Crippen LogP contribution in [0.1, 0.15) is 10.4 Å². The highest BCUT2D eigenvalue weighted by Gasteiger charge is 2.12. The van der Waals surface area contributed by atoms with Gasteiger partial charge in [-0.15, -0.1) is 0 Å². The second-order valence-electron chi connectivity index (χ2n) is 4.41. The summed E-state index contributed by atoms with van der Waals surface area (Å²) in [5.41, 5.74) is 0.956. The number of hydrogen-bond donors (Lipinski definition) is 1. The van der Waals surface area contributed by atoms with E-state index in [0.29, 0.717) is 16.5 Å². The van der Waals surface area contributed by atoms with Gasteiger partial charge in [-0.25, -0.2) is 0 Å². The van der Waals surface area contributed by atoms with Crippen molar-refractivity contribution >= 4 is 28.4 Å². The fourth-order valence-corrected chi connectivity index (χ4v) is 1.98. The lowest BCUT2D eigenvalue weighted by atomic mass is 10.2. The molecule has 3 aromatic rings. The van der Waals surface area contributed by atoms with Gasteiger partial charge in [0, 0.05) is 29.1 Å². The lowest BCUT2D eigenvalue weighted by Crippen LogP contribution is -2.10. The summed E-state index contributed by atoms with van der Waals surface area (Å²) in [4.78, 5) is 22.2. The summed E-state index contributed by atoms with van der Waals surface area (Å²) in [6, 6.07) is 14.5. The molecule has 3 rings (SSSR count). The van der Waals surface area contributed by atoms with Crippen molar-refractivity contribution in [2.45, 2.75) is 0 Å². The molecule has 1 aromatic heterocycles. The Labute approximate surface area is 119 Å². The van der Waals surface area contributed by atoms with Gasteiger partial charge in [-0.05, 0) is 18.2 Å². The quantitative estimate of drug-likeness (QED) is 0.587. The number of nitro benzene ring substituents is 1. The Bertz CT molecular complexity index is 824. The number of carbonyl (C=O) groups is 1.